The highest BCUT2D eigenvalue weighted by molar-refractivity contribution is 5.89. The lowest BCUT2D eigenvalue weighted by atomic mass is 10.1. The topological polar surface area (TPSA) is 48.0 Å². The summed E-state index contributed by atoms with van der Waals surface area (Å²) in [4.78, 5) is 13.7. The summed E-state index contributed by atoms with van der Waals surface area (Å²) >= 11 is 0. The Labute approximate surface area is 132 Å². The molecule has 0 bridgehead atoms. The molecule has 1 heterocycles. The van der Waals surface area contributed by atoms with E-state index in [1.807, 2.05) is 6.07 Å². The van der Waals surface area contributed by atoms with Crippen molar-refractivity contribution in [2.24, 2.45) is 0 Å². The lowest BCUT2D eigenvalue weighted by Gasteiger charge is -2.27. The minimum atomic E-state index is -0.350. The summed E-state index contributed by atoms with van der Waals surface area (Å²) in [6, 6.07) is 7.05. The van der Waals surface area contributed by atoms with Gasteiger partial charge in [0.15, 0.2) is 0 Å². The smallest absolute Gasteiger partial charge is 0.337 e. The van der Waals surface area contributed by atoms with Crippen molar-refractivity contribution >= 4 is 5.97 Å². The second-order valence-corrected chi connectivity index (χ2v) is 5.62. The molecule has 0 aromatic heterocycles. The van der Waals surface area contributed by atoms with Gasteiger partial charge in [0, 0.05) is 19.7 Å². The zero-order valence-corrected chi connectivity index (χ0v) is 13.4. The number of hydrogen-bond acceptors (Lipinski definition) is 5. The van der Waals surface area contributed by atoms with Gasteiger partial charge in [-0.15, -0.1) is 0 Å². The van der Waals surface area contributed by atoms with Gasteiger partial charge in [-0.1, -0.05) is 6.07 Å². The third-order valence-electron chi connectivity index (χ3n) is 3.79. The lowest BCUT2D eigenvalue weighted by molar-refractivity contribution is -0.00283. The van der Waals surface area contributed by atoms with E-state index in [1.165, 1.54) is 20.0 Å². The van der Waals surface area contributed by atoms with Crippen LogP contribution in [0, 0.1) is 0 Å². The lowest BCUT2D eigenvalue weighted by Crippen LogP contribution is -2.35. The summed E-state index contributed by atoms with van der Waals surface area (Å²) in [5, 5.41) is 0. The predicted molar refractivity (Wildman–Crippen MR) is 84.4 cm³/mol. The number of ether oxygens (including phenoxy) is 3. The molecule has 0 radical (unpaired) electrons. The van der Waals surface area contributed by atoms with Gasteiger partial charge in [-0.25, -0.2) is 4.79 Å². The first-order chi connectivity index (χ1) is 10.7. The van der Waals surface area contributed by atoms with Crippen molar-refractivity contribution in [1.82, 2.24) is 4.90 Å². The fourth-order valence-electron chi connectivity index (χ4n) is 2.54. The van der Waals surface area contributed by atoms with E-state index >= 15 is 0 Å². The molecule has 1 aromatic carbocycles. The van der Waals surface area contributed by atoms with E-state index < -0.39 is 0 Å². The number of methoxy groups -OCH3 is 1. The van der Waals surface area contributed by atoms with Crippen LogP contribution in [-0.4, -0.2) is 57.4 Å². The van der Waals surface area contributed by atoms with Gasteiger partial charge >= 0.3 is 5.97 Å². The molecule has 1 saturated heterocycles. The van der Waals surface area contributed by atoms with Crippen LogP contribution in [0.2, 0.25) is 0 Å². The molecule has 122 valence electrons. The normalized spacial score (nSPS) is 18.2. The number of carbonyl (C=O) groups excluding carboxylic acids is 1. The Balaban J connectivity index is 1.72. The molecule has 0 amide bonds. The summed E-state index contributed by atoms with van der Waals surface area (Å²) in [5.74, 6) is 0.335. The van der Waals surface area contributed by atoms with E-state index in [2.05, 4.69) is 11.9 Å². The highest BCUT2D eigenvalue weighted by atomic mass is 16.5. The average molecular weight is 307 g/mol. The molecule has 2 rings (SSSR count). The van der Waals surface area contributed by atoms with Gasteiger partial charge in [-0.3, -0.25) is 0 Å². The van der Waals surface area contributed by atoms with Gasteiger partial charge in [0.25, 0.3) is 0 Å². The Morgan fingerprint density at radius 3 is 3.00 bits per heavy atom. The summed E-state index contributed by atoms with van der Waals surface area (Å²) in [6.45, 7) is 3.22. The molecule has 5 nitrogen and oxygen atoms in total. The average Bonchev–Trinajstić information content (AvgIpc) is 2.55. The number of esters is 1. The molecule has 1 fully saturated rings. The summed E-state index contributed by atoms with van der Waals surface area (Å²) in [6.07, 6.45) is 3.93. The first-order valence-corrected chi connectivity index (χ1v) is 7.80. The van der Waals surface area contributed by atoms with E-state index in [9.17, 15) is 4.79 Å². The molecule has 0 N–H and O–H groups in total. The van der Waals surface area contributed by atoms with Crippen LogP contribution in [0.1, 0.15) is 29.6 Å². The number of hydrogen-bond donors (Lipinski definition) is 0. The highest BCUT2D eigenvalue weighted by Gasteiger charge is 2.15. The van der Waals surface area contributed by atoms with E-state index in [0.29, 0.717) is 24.0 Å². The maximum absolute atomic E-state index is 11.5. The fourth-order valence-corrected chi connectivity index (χ4v) is 2.54. The van der Waals surface area contributed by atoms with Gasteiger partial charge in [0.1, 0.15) is 12.4 Å². The molecule has 0 saturated carbocycles. The van der Waals surface area contributed by atoms with E-state index in [0.717, 1.165) is 26.1 Å². The third kappa shape index (κ3) is 5.31. The van der Waals surface area contributed by atoms with Crippen molar-refractivity contribution in [2.75, 3.05) is 40.5 Å². The van der Waals surface area contributed by atoms with Crippen molar-refractivity contribution in [3.8, 4) is 5.75 Å². The number of carbonyl (C=O) groups is 1. The number of rotatable bonds is 7. The zero-order valence-electron chi connectivity index (χ0n) is 13.4. The van der Waals surface area contributed by atoms with Crippen molar-refractivity contribution in [3.05, 3.63) is 29.8 Å². The van der Waals surface area contributed by atoms with Crippen LogP contribution in [0.4, 0.5) is 0 Å². The molecule has 1 unspecified atom stereocenters. The van der Waals surface area contributed by atoms with Crippen LogP contribution >= 0.6 is 0 Å². The SMILES string of the molecule is COC(=O)c1cccc(OCCN(C)CC2CCCCO2)c1. The summed E-state index contributed by atoms with van der Waals surface area (Å²) in [5.41, 5.74) is 0.504. The number of nitrogens with zero attached hydrogens (tertiary/aromatic N) is 1. The van der Waals surface area contributed by atoms with E-state index in [1.54, 1.807) is 18.2 Å². The van der Waals surface area contributed by atoms with Gasteiger partial charge in [0.2, 0.25) is 0 Å². The maximum atomic E-state index is 11.5. The Morgan fingerprint density at radius 2 is 2.27 bits per heavy atom. The van der Waals surface area contributed by atoms with Gasteiger partial charge in [-0.05, 0) is 44.5 Å². The van der Waals surface area contributed by atoms with Gasteiger partial charge in [-0.2, -0.15) is 0 Å². The summed E-state index contributed by atoms with van der Waals surface area (Å²) in [7, 11) is 3.45. The molecule has 1 aliphatic rings. The van der Waals surface area contributed by atoms with Crippen LogP contribution < -0.4 is 4.74 Å². The second-order valence-electron chi connectivity index (χ2n) is 5.62. The van der Waals surface area contributed by atoms with Crippen LogP contribution in [0.3, 0.4) is 0 Å². The zero-order chi connectivity index (χ0) is 15.8. The Kier molecular flexibility index (Phi) is 6.68. The first kappa shape index (κ1) is 16.8. The van der Waals surface area contributed by atoms with Crippen LogP contribution in [-0.2, 0) is 9.47 Å². The molecule has 5 heteroatoms. The highest BCUT2D eigenvalue weighted by Crippen LogP contribution is 2.15. The first-order valence-electron chi connectivity index (χ1n) is 7.80. The number of likely N-dealkylation sites (N-methyl/N-ethyl adjacent to an activating group) is 1. The van der Waals surface area contributed by atoms with Crippen molar-refractivity contribution < 1.29 is 19.0 Å². The van der Waals surface area contributed by atoms with Crippen molar-refractivity contribution in [3.63, 3.8) is 0 Å². The number of benzene rings is 1. The van der Waals surface area contributed by atoms with Gasteiger partial charge in [0.05, 0.1) is 18.8 Å². The van der Waals surface area contributed by atoms with Crippen LogP contribution in [0.5, 0.6) is 5.75 Å². The Hall–Kier alpha value is -1.59. The molecule has 0 aliphatic carbocycles. The quantitative estimate of drug-likeness (QED) is 0.724. The van der Waals surface area contributed by atoms with E-state index in [-0.39, 0.29) is 5.97 Å². The minimum absolute atomic E-state index is 0.349. The third-order valence-corrected chi connectivity index (χ3v) is 3.79. The molecule has 1 aromatic rings. The molecular formula is C17H25NO4. The largest absolute Gasteiger partial charge is 0.492 e. The van der Waals surface area contributed by atoms with Crippen molar-refractivity contribution in [1.29, 1.82) is 0 Å². The monoisotopic (exact) mass is 307 g/mol. The molecule has 1 atom stereocenters. The second kappa shape index (κ2) is 8.76. The van der Waals surface area contributed by atoms with Crippen LogP contribution in [0.25, 0.3) is 0 Å². The standard InChI is InChI=1S/C17H25NO4/c1-18(13-16-7-3-4-10-21-16)9-11-22-15-8-5-6-14(12-15)17(19)20-2/h5-6,8,12,16H,3-4,7,9-11,13H2,1-2H3. The van der Waals surface area contributed by atoms with E-state index in [4.69, 9.17) is 14.2 Å². The van der Waals surface area contributed by atoms with Crippen LogP contribution in [0.15, 0.2) is 24.3 Å². The Bertz CT molecular complexity index is 471. The predicted octanol–water partition coefficient (Wildman–Crippen LogP) is 2.35. The van der Waals surface area contributed by atoms with Gasteiger partial charge < -0.3 is 19.1 Å². The maximum Gasteiger partial charge on any atom is 0.337 e. The molecule has 22 heavy (non-hydrogen) atoms. The summed E-state index contributed by atoms with van der Waals surface area (Å²) < 4.78 is 16.1. The molecule has 0 spiro atoms. The van der Waals surface area contributed by atoms with Crippen molar-refractivity contribution in [2.45, 2.75) is 25.4 Å². The fraction of sp³-hybridized carbons (Fsp3) is 0.588. The molecule has 1 aliphatic heterocycles. The Morgan fingerprint density at radius 1 is 1.41 bits per heavy atom. The molecular weight excluding hydrogens is 282 g/mol. The minimum Gasteiger partial charge on any atom is -0.492 e.